The fraction of sp³-hybridized carbons (Fsp3) is 0.714. The highest BCUT2D eigenvalue weighted by Gasteiger charge is 2.32. The maximum Gasteiger partial charge on any atom is 0.0644 e. The van der Waals surface area contributed by atoms with Crippen molar-refractivity contribution < 1.29 is 0 Å². The Balaban J connectivity index is 2.29. The van der Waals surface area contributed by atoms with E-state index in [4.69, 9.17) is 5.26 Å². The van der Waals surface area contributed by atoms with Crippen LogP contribution in [0.2, 0.25) is 0 Å². The first-order chi connectivity index (χ1) is 8.56. The van der Waals surface area contributed by atoms with Crippen molar-refractivity contribution in [3.8, 4) is 6.07 Å². The minimum Gasteiger partial charge on any atom is -0.292 e. The van der Waals surface area contributed by atoms with Gasteiger partial charge in [0.2, 0.25) is 0 Å². The highest BCUT2D eigenvalue weighted by Crippen LogP contribution is 2.37. The molecule has 2 rings (SSSR count). The molecular weight excluding hydrogens is 224 g/mol. The number of hydrogen-bond acceptors (Lipinski definition) is 3. The second-order valence-corrected chi connectivity index (χ2v) is 5.32. The lowest BCUT2D eigenvalue weighted by atomic mass is 10.0. The zero-order valence-electron chi connectivity index (χ0n) is 11.8. The lowest BCUT2D eigenvalue weighted by molar-refractivity contribution is 0.194. The minimum absolute atomic E-state index is 0.335. The van der Waals surface area contributed by atoms with Gasteiger partial charge in [-0.3, -0.25) is 9.58 Å². The van der Waals surface area contributed by atoms with Crippen LogP contribution in [-0.4, -0.2) is 27.3 Å². The fourth-order valence-corrected chi connectivity index (χ4v) is 3.15. The number of aryl methyl sites for hydroxylation is 2. The molecule has 0 aliphatic carbocycles. The van der Waals surface area contributed by atoms with Crippen molar-refractivity contribution in [2.75, 3.05) is 6.54 Å². The standard InChI is InChI=1S/C14H22N4/c1-10(7-8-15)18-9-5-6-13(18)14-11(2)16-17(4)12(14)3/h10,13H,5-7,9H2,1-4H3/t10-,13-/m0/s1. The molecule has 1 aromatic heterocycles. The van der Waals surface area contributed by atoms with Gasteiger partial charge in [0.25, 0.3) is 0 Å². The summed E-state index contributed by atoms with van der Waals surface area (Å²) in [5, 5.41) is 13.4. The lowest BCUT2D eigenvalue weighted by Gasteiger charge is -2.29. The lowest BCUT2D eigenvalue weighted by Crippen LogP contribution is -2.32. The molecule has 0 spiro atoms. The normalized spacial score (nSPS) is 22.1. The molecule has 98 valence electrons. The summed E-state index contributed by atoms with van der Waals surface area (Å²) in [5.74, 6) is 0. The molecule has 2 heterocycles. The van der Waals surface area contributed by atoms with Crippen molar-refractivity contribution in [1.82, 2.24) is 14.7 Å². The van der Waals surface area contributed by atoms with Gasteiger partial charge in [0.15, 0.2) is 0 Å². The third kappa shape index (κ3) is 2.15. The highest BCUT2D eigenvalue weighted by molar-refractivity contribution is 5.29. The monoisotopic (exact) mass is 246 g/mol. The average Bonchev–Trinajstić information content (AvgIpc) is 2.86. The Morgan fingerprint density at radius 1 is 1.50 bits per heavy atom. The summed E-state index contributed by atoms with van der Waals surface area (Å²) in [6, 6.07) is 3.07. The first-order valence-corrected chi connectivity index (χ1v) is 6.69. The van der Waals surface area contributed by atoms with Crippen LogP contribution >= 0.6 is 0 Å². The summed E-state index contributed by atoms with van der Waals surface area (Å²) in [6.45, 7) is 7.48. The molecule has 0 bridgehead atoms. The number of nitrogens with zero attached hydrogens (tertiary/aromatic N) is 4. The number of likely N-dealkylation sites (tertiary alicyclic amines) is 1. The molecule has 18 heavy (non-hydrogen) atoms. The van der Waals surface area contributed by atoms with E-state index in [0.29, 0.717) is 18.5 Å². The highest BCUT2D eigenvalue weighted by atomic mass is 15.3. The predicted octanol–water partition coefficient (Wildman–Crippen LogP) is 2.48. The average molecular weight is 246 g/mol. The summed E-state index contributed by atoms with van der Waals surface area (Å²) < 4.78 is 1.97. The molecule has 1 aromatic rings. The number of aromatic nitrogens is 2. The molecule has 0 aromatic carbocycles. The van der Waals surface area contributed by atoms with Gasteiger partial charge in [0.1, 0.15) is 0 Å². The molecule has 0 unspecified atom stereocenters. The Kier molecular flexibility index (Phi) is 3.72. The summed E-state index contributed by atoms with van der Waals surface area (Å²) in [6.07, 6.45) is 3.01. The summed E-state index contributed by atoms with van der Waals surface area (Å²) in [7, 11) is 2.00. The van der Waals surface area contributed by atoms with Gasteiger partial charge in [-0.2, -0.15) is 10.4 Å². The second kappa shape index (κ2) is 5.11. The molecule has 2 atom stereocenters. The summed E-state index contributed by atoms with van der Waals surface area (Å²) in [4.78, 5) is 2.47. The largest absolute Gasteiger partial charge is 0.292 e. The molecule has 1 aliphatic rings. The Morgan fingerprint density at radius 3 is 2.78 bits per heavy atom. The topological polar surface area (TPSA) is 44.9 Å². The van der Waals surface area contributed by atoms with Crippen molar-refractivity contribution in [1.29, 1.82) is 5.26 Å². The van der Waals surface area contributed by atoms with E-state index in [2.05, 4.69) is 36.8 Å². The molecule has 0 N–H and O–H groups in total. The molecule has 0 amide bonds. The Bertz CT molecular complexity index is 469. The van der Waals surface area contributed by atoms with Crippen molar-refractivity contribution in [2.45, 2.75) is 52.1 Å². The van der Waals surface area contributed by atoms with E-state index in [-0.39, 0.29) is 0 Å². The van der Waals surface area contributed by atoms with E-state index in [9.17, 15) is 0 Å². The third-order valence-corrected chi connectivity index (χ3v) is 4.15. The van der Waals surface area contributed by atoms with Crippen LogP contribution in [0.1, 0.15) is 49.2 Å². The van der Waals surface area contributed by atoms with Gasteiger partial charge in [-0.25, -0.2) is 0 Å². The Morgan fingerprint density at radius 2 is 2.22 bits per heavy atom. The van der Waals surface area contributed by atoms with E-state index in [0.717, 1.165) is 12.2 Å². The van der Waals surface area contributed by atoms with E-state index in [1.807, 2.05) is 11.7 Å². The first-order valence-electron chi connectivity index (χ1n) is 6.69. The quantitative estimate of drug-likeness (QED) is 0.823. The smallest absolute Gasteiger partial charge is 0.0644 e. The van der Waals surface area contributed by atoms with Crippen LogP contribution in [0.25, 0.3) is 0 Å². The van der Waals surface area contributed by atoms with E-state index in [1.165, 1.54) is 24.1 Å². The SMILES string of the molecule is Cc1nn(C)c(C)c1[C@@H]1CCCN1[C@@H](C)CC#N. The minimum atomic E-state index is 0.335. The van der Waals surface area contributed by atoms with Crippen LogP contribution in [0.5, 0.6) is 0 Å². The van der Waals surface area contributed by atoms with Crippen molar-refractivity contribution in [3.05, 3.63) is 17.0 Å². The zero-order valence-corrected chi connectivity index (χ0v) is 11.8. The van der Waals surface area contributed by atoms with Gasteiger partial charge < -0.3 is 0 Å². The van der Waals surface area contributed by atoms with Crippen LogP contribution in [0.15, 0.2) is 0 Å². The second-order valence-electron chi connectivity index (χ2n) is 5.32. The van der Waals surface area contributed by atoms with Gasteiger partial charge in [-0.05, 0) is 40.2 Å². The molecular formula is C14H22N4. The molecule has 1 fully saturated rings. The van der Waals surface area contributed by atoms with Crippen LogP contribution in [0, 0.1) is 25.2 Å². The van der Waals surface area contributed by atoms with Crippen LogP contribution in [0.3, 0.4) is 0 Å². The fourth-order valence-electron chi connectivity index (χ4n) is 3.15. The molecule has 1 aliphatic heterocycles. The van der Waals surface area contributed by atoms with E-state index >= 15 is 0 Å². The van der Waals surface area contributed by atoms with Gasteiger partial charge in [0, 0.05) is 30.4 Å². The van der Waals surface area contributed by atoms with Gasteiger partial charge in [-0.1, -0.05) is 0 Å². The number of nitriles is 1. The van der Waals surface area contributed by atoms with Crippen LogP contribution in [0.4, 0.5) is 0 Å². The maximum atomic E-state index is 8.87. The van der Waals surface area contributed by atoms with Crippen molar-refractivity contribution in [3.63, 3.8) is 0 Å². The number of rotatable bonds is 3. The molecule has 1 saturated heterocycles. The maximum absolute atomic E-state index is 8.87. The Hall–Kier alpha value is -1.34. The number of hydrogen-bond donors (Lipinski definition) is 0. The molecule has 0 saturated carbocycles. The third-order valence-electron chi connectivity index (χ3n) is 4.15. The summed E-state index contributed by atoms with van der Waals surface area (Å²) in [5.41, 5.74) is 3.77. The molecule has 0 radical (unpaired) electrons. The predicted molar refractivity (Wildman–Crippen MR) is 71.1 cm³/mol. The van der Waals surface area contributed by atoms with Gasteiger partial charge in [0.05, 0.1) is 18.2 Å². The van der Waals surface area contributed by atoms with Crippen LogP contribution < -0.4 is 0 Å². The zero-order chi connectivity index (χ0) is 13.3. The summed E-state index contributed by atoms with van der Waals surface area (Å²) >= 11 is 0. The molecule has 4 nitrogen and oxygen atoms in total. The van der Waals surface area contributed by atoms with Gasteiger partial charge >= 0.3 is 0 Å². The van der Waals surface area contributed by atoms with E-state index < -0.39 is 0 Å². The van der Waals surface area contributed by atoms with Crippen LogP contribution in [-0.2, 0) is 7.05 Å². The van der Waals surface area contributed by atoms with Gasteiger partial charge in [-0.15, -0.1) is 0 Å². The Labute approximate surface area is 109 Å². The first kappa shape index (κ1) is 13.1. The molecule has 4 heteroatoms. The van der Waals surface area contributed by atoms with Crippen molar-refractivity contribution in [2.24, 2.45) is 7.05 Å². The van der Waals surface area contributed by atoms with E-state index in [1.54, 1.807) is 0 Å². The van der Waals surface area contributed by atoms with Crippen molar-refractivity contribution >= 4 is 0 Å².